The fourth-order valence-electron chi connectivity index (χ4n) is 4.91. The third-order valence-corrected chi connectivity index (χ3v) is 7.07. The molecule has 0 bridgehead atoms. The van der Waals surface area contributed by atoms with Crippen LogP contribution in [0.15, 0.2) is 121 Å². The van der Waals surface area contributed by atoms with E-state index in [9.17, 15) is 4.79 Å². The molecule has 1 aliphatic rings. The van der Waals surface area contributed by atoms with Gasteiger partial charge >= 0.3 is 5.97 Å². The molecule has 0 spiro atoms. The van der Waals surface area contributed by atoms with Gasteiger partial charge in [-0.3, -0.25) is 4.79 Å². The molecule has 5 atom stereocenters. The van der Waals surface area contributed by atoms with Gasteiger partial charge in [-0.05, 0) is 28.8 Å². The van der Waals surface area contributed by atoms with E-state index in [1.165, 1.54) is 6.92 Å². The van der Waals surface area contributed by atoms with Crippen molar-refractivity contribution in [1.29, 1.82) is 0 Å². The van der Waals surface area contributed by atoms with Gasteiger partial charge in [-0.25, -0.2) is 0 Å². The van der Waals surface area contributed by atoms with Crippen LogP contribution >= 0.6 is 0 Å². The highest BCUT2D eigenvalue weighted by Crippen LogP contribution is 2.31. The molecule has 0 N–H and O–H groups in total. The van der Waals surface area contributed by atoms with E-state index in [-0.39, 0.29) is 6.61 Å². The Hall–Kier alpha value is -4.25. The standard InChI is InChI=1S/C37H36O6/c1-28(38)39-27-34-36(41-25-31-18-10-4-11-19-31)37(42-26-32-20-12-5-13-21-32)35(40-24-30-16-8-3-9-17-30)33(43-34)23-22-29-14-6-2-7-15-29/h2-21,33-37H,24-27H2,1H3/t33-,34-,35+,36-,37-/m1/s1. The fraction of sp³-hybridized carbons (Fsp3) is 0.270. The van der Waals surface area contributed by atoms with Gasteiger partial charge in [-0.1, -0.05) is 121 Å². The molecule has 0 aliphatic carbocycles. The maximum absolute atomic E-state index is 11.9. The lowest BCUT2D eigenvalue weighted by Crippen LogP contribution is -2.61. The Kier molecular flexibility index (Phi) is 11.1. The second kappa shape index (κ2) is 15.8. The number of carbonyl (C=O) groups is 1. The predicted octanol–water partition coefficient (Wildman–Crippen LogP) is 6.12. The van der Waals surface area contributed by atoms with Crippen molar-refractivity contribution in [3.63, 3.8) is 0 Å². The van der Waals surface area contributed by atoms with Crippen LogP contribution in [0.2, 0.25) is 0 Å². The molecular weight excluding hydrogens is 540 g/mol. The second-order valence-electron chi connectivity index (χ2n) is 10.3. The van der Waals surface area contributed by atoms with Crippen LogP contribution in [-0.2, 0) is 48.3 Å². The Morgan fingerprint density at radius 2 is 1.07 bits per heavy atom. The Labute approximate surface area is 253 Å². The smallest absolute Gasteiger partial charge is 0.302 e. The van der Waals surface area contributed by atoms with Crippen LogP contribution in [0.1, 0.15) is 29.2 Å². The van der Waals surface area contributed by atoms with Crippen molar-refractivity contribution in [2.75, 3.05) is 6.61 Å². The van der Waals surface area contributed by atoms with Crippen LogP contribution in [0, 0.1) is 11.8 Å². The normalized spacial score (nSPS) is 21.4. The summed E-state index contributed by atoms with van der Waals surface area (Å²) in [5.74, 6) is 6.13. The molecule has 6 nitrogen and oxygen atoms in total. The predicted molar refractivity (Wildman–Crippen MR) is 164 cm³/mol. The average Bonchev–Trinajstić information content (AvgIpc) is 3.05. The van der Waals surface area contributed by atoms with Crippen molar-refractivity contribution in [2.24, 2.45) is 0 Å². The molecular formula is C37H36O6. The molecule has 0 saturated carbocycles. The van der Waals surface area contributed by atoms with Crippen molar-refractivity contribution in [2.45, 2.75) is 57.3 Å². The van der Waals surface area contributed by atoms with Crippen molar-refractivity contribution in [3.8, 4) is 11.8 Å². The Morgan fingerprint density at radius 3 is 1.56 bits per heavy atom. The van der Waals surface area contributed by atoms with E-state index < -0.39 is 36.5 Å². The number of benzene rings is 4. The third-order valence-electron chi connectivity index (χ3n) is 7.07. The van der Waals surface area contributed by atoms with Gasteiger partial charge in [0.25, 0.3) is 0 Å². The monoisotopic (exact) mass is 576 g/mol. The molecule has 4 aromatic carbocycles. The van der Waals surface area contributed by atoms with Crippen molar-refractivity contribution in [1.82, 2.24) is 0 Å². The van der Waals surface area contributed by atoms with Crippen molar-refractivity contribution < 1.29 is 28.5 Å². The lowest BCUT2D eigenvalue weighted by molar-refractivity contribution is -0.259. The first kappa shape index (κ1) is 30.2. The number of ether oxygens (including phenoxy) is 5. The zero-order chi connectivity index (χ0) is 29.7. The third kappa shape index (κ3) is 9.12. The van der Waals surface area contributed by atoms with E-state index in [1.807, 2.05) is 121 Å². The van der Waals surface area contributed by atoms with Gasteiger partial charge in [0.1, 0.15) is 37.1 Å². The zero-order valence-electron chi connectivity index (χ0n) is 24.2. The summed E-state index contributed by atoms with van der Waals surface area (Å²) in [5, 5.41) is 0. The number of carbonyl (C=O) groups excluding carboxylic acids is 1. The van der Waals surface area contributed by atoms with Crippen LogP contribution in [-0.4, -0.2) is 43.1 Å². The van der Waals surface area contributed by atoms with E-state index in [4.69, 9.17) is 23.7 Å². The van der Waals surface area contributed by atoms with Gasteiger partial charge in [0.05, 0.1) is 19.8 Å². The molecule has 0 aromatic heterocycles. The fourth-order valence-corrected chi connectivity index (χ4v) is 4.91. The minimum atomic E-state index is -0.679. The van der Waals surface area contributed by atoms with Gasteiger partial charge in [0.15, 0.2) is 0 Å². The summed E-state index contributed by atoms with van der Waals surface area (Å²) in [6.45, 7) is 2.37. The van der Waals surface area contributed by atoms with Crippen LogP contribution in [0.3, 0.4) is 0 Å². The maximum Gasteiger partial charge on any atom is 0.302 e. The highest BCUT2D eigenvalue weighted by Gasteiger charge is 2.48. The Bertz CT molecular complexity index is 1450. The summed E-state index contributed by atoms with van der Waals surface area (Å²) in [7, 11) is 0. The molecule has 1 fully saturated rings. The van der Waals surface area contributed by atoms with Crippen LogP contribution in [0.25, 0.3) is 0 Å². The van der Waals surface area contributed by atoms with E-state index in [0.29, 0.717) is 19.8 Å². The van der Waals surface area contributed by atoms with E-state index in [2.05, 4.69) is 11.8 Å². The van der Waals surface area contributed by atoms with Gasteiger partial charge in [-0.15, -0.1) is 0 Å². The van der Waals surface area contributed by atoms with Crippen LogP contribution in [0.5, 0.6) is 0 Å². The highest BCUT2D eigenvalue weighted by atomic mass is 16.6. The molecule has 0 unspecified atom stereocenters. The minimum Gasteiger partial charge on any atom is -0.463 e. The molecule has 0 amide bonds. The molecule has 1 aliphatic heterocycles. The summed E-state index contributed by atoms with van der Waals surface area (Å²) < 4.78 is 31.8. The van der Waals surface area contributed by atoms with Gasteiger partial charge in [0, 0.05) is 12.5 Å². The Balaban J connectivity index is 1.49. The van der Waals surface area contributed by atoms with Crippen molar-refractivity contribution in [3.05, 3.63) is 144 Å². The van der Waals surface area contributed by atoms with Crippen LogP contribution < -0.4 is 0 Å². The first-order valence-corrected chi connectivity index (χ1v) is 14.5. The lowest BCUT2D eigenvalue weighted by atomic mass is 9.94. The first-order chi connectivity index (χ1) is 21.2. The summed E-state index contributed by atoms with van der Waals surface area (Å²) in [5.41, 5.74) is 3.89. The zero-order valence-corrected chi connectivity index (χ0v) is 24.2. The summed E-state index contributed by atoms with van der Waals surface area (Å²) in [4.78, 5) is 11.9. The van der Waals surface area contributed by atoms with Gasteiger partial charge in [0.2, 0.25) is 0 Å². The van der Waals surface area contributed by atoms with Crippen LogP contribution in [0.4, 0.5) is 0 Å². The van der Waals surface area contributed by atoms with E-state index in [1.54, 1.807) is 0 Å². The first-order valence-electron chi connectivity index (χ1n) is 14.5. The molecule has 1 heterocycles. The van der Waals surface area contributed by atoms with Crippen molar-refractivity contribution >= 4 is 5.97 Å². The average molecular weight is 577 g/mol. The summed E-state index contributed by atoms with van der Waals surface area (Å²) in [6, 6.07) is 39.6. The maximum atomic E-state index is 11.9. The number of hydrogen-bond acceptors (Lipinski definition) is 6. The molecule has 220 valence electrons. The van der Waals surface area contributed by atoms with E-state index >= 15 is 0 Å². The molecule has 4 aromatic rings. The topological polar surface area (TPSA) is 63.2 Å². The lowest BCUT2D eigenvalue weighted by Gasteiger charge is -2.44. The Morgan fingerprint density at radius 1 is 0.628 bits per heavy atom. The number of rotatable bonds is 11. The molecule has 6 heteroatoms. The molecule has 43 heavy (non-hydrogen) atoms. The number of esters is 1. The minimum absolute atomic E-state index is 0.00505. The SMILES string of the molecule is CC(=O)OC[C@H]1O[C@H](C#Cc2ccccc2)[C@H](OCc2ccccc2)[C@@H](OCc2ccccc2)[C@@H]1OCc1ccccc1. The van der Waals surface area contributed by atoms with E-state index in [0.717, 1.165) is 22.3 Å². The van der Waals surface area contributed by atoms with Gasteiger partial charge < -0.3 is 23.7 Å². The quantitative estimate of drug-likeness (QED) is 0.158. The molecule has 1 saturated heterocycles. The summed E-state index contributed by atoms with van der Waals surface area (Å²) in [6.07, 6.45) is -3.12. The molecule has 5 rings (SSSR count). The second-order valence-corrected chi connectivity index (χ2v) is 10.3. The highest BCUT2D eigenvalue weighted by molar-refractivity contribution is 5.65. The summed E-state index contributed by atoms with van der Waals surface area (Å²) >= 11 is 0. The largest absolute Gasteiger partial charge is 0.463 e. The number of hydrogen-bond donors (Lipinski definition) is 0. The molecule has 0 radical (unpaired) electrons. The van der Waals surface area contributed by atoms with Gasteiger partial charge in [-0.2, -0.15) is 0 Å².